The molecule has 0 unspecified atom stereocenters. The van der Waals surface area contributed by atoms with Gasteiger partial charge in [0.2, 0.25) is 0 Å². The van der Waals surface area contributed by atoms with Crippen molar-refractivity contribution in [2.24, 2.45) is 0 Å². The van der Waals surface area contributed by atoms with Gasteiger partial charge in [-0.2, -0.15) is 0 Å². The zero-order chi connectivity index (χ0) is 12.0. The third-order valence-electron chi connectivity index (χ3n) is 2.31. The van der Waals surface area contributed by atoms with E-state index in [1.54, 1.807) is 0 Å². The van der Waals surface area contributed by atoms with Crippen molar-refractivity contribution in [3.8, 4) is 12.3 Å². The Balaban J connectivity index is 2.44. The van der Waals surface area contributed by atoms with Gasteiger partial charge >= 0.3 is 0 Å². The topological polar surface area (TPSA) is 32.3 Å². The standard InChI is InChI=1S/C13H16N2O/c1-4-13(16)14-8-9-15(3)12-7-5-6-11(2)10-12/h1,5-7,10H,8-9H2,2-3H3,(H,14,16). The third-order valence-corrected chi connectivity index (χ3v) is 2.31. The Bertz CT molecular complexity index is 407. The molecule has 0 radical (unpaired) electrons. The number of aryl methyl sites for hydroxylation is 1. The van der Waals surface area contributed by atoms with Gasteiger partial charge in [-0.3, -0.25) is 4.79 Å². The van der Waals surface area contributed by atoms with Crippen molar-refractivity contribution in [3.05, 3.63) is 29.8 Å². The Morgan fingerprint density at radius 3 is 2.94 bits per heavy atom. The zero-order valence-corrected chi connectivity index (χ0v) is 9.66. The zero-order valence-electron chi connectivity index (χ0n) is 9.66. The van der Waals surface area contributed by atoms with Crippen LogP contribution in [0.25, 0.3) is 0 Å². The molecule has 1 rings (SSSR count). The summed E-state index contributed by atoms with van der Waals surface area (Å²) in [7, 11) is 1.98. The Morgan fingerprint density at radius 2 is 2.31 bits per heavy atom. The van der Waals surface area contributed by atoms with Crippen LogP contribution in [-0.2, 0) is 4.79 Å². The molecule has 1 N–H and O–H groups in total. The second-order valence-electron chi connectivity index (χ2n) is 3.66. The minimum absolute atomic E-state index is 0.363. The van der Waals surface area contributed by atoms with Crippen LogP contribution < -0.4 is 10.2 Å². The molecular formula is C13H16N2O. The Hall–Kier alpha value is -1.95. The number of terminal acetylenes is 1. The molecule has 16 heavy (non-hydrogen) atoms. The fourth-order valence-electron chi connectivity index (χ4n) is 1.38. The first-order valence-corrected chi connectivity index (χ1v) is 5.15. The number of nitrogens with zero attached hydrogens (tertiary/aromatic N) is 1. The lowest BCUT2D eigenvalue weighted by Gasteiger charge is -2.19. The fraction of sp³-hybridized carbons (Fsp3) is 0.308. The lowest BCUT2D eigenvalue weighted by Crippen LogP contribution is -2.32. The van der Waals surface area contributed by atoms with E-state index in [4.69, 9.17) is 6.42 Å². The van der Waals surface area contributed by atoms with Crippen molar-refractivity contribution in [1.82, 2.24) is 5.32 Å². The number of rotatable bonds is 4. The van der Waals surface area contributed by atoms with E-state index < -0.39 is 0 Å². The van der Waals surface area contributed by atoms with E-state index in [1.807, 2.05) is 25.1 Å². The molecule has 1 aromatic rings. The first-order chi connectivity index (χ1) is 7.63. The summed E-state index contributed by atoms with van der Waals surface area (Å²) in [4.78, 5) is 12.9. The minimum atomic E-state index is -0.363. The van der Waals surface area contributed by atoms with E-state index in [9.17, 15) is 4.79 Å². The van der Waals surface area contributed by atoms with E-state index in [-0.39, 0.29) is 5.91 Å². The second kappa shape index (κ2) is 5.82. The molecule has 0 heterocycles. The molecule has 0 bridgehead atoms. The predicted molar refractivity (Wildman–Crippen MR) is 66.3 cm³/mol. The summed E-state index contributed by atoms with van der Waals surface area (Å²) in [6.07, 6.45) is 4.94. The smallest absolute Gasteiger partial charge is 0.295 e. The van der Waals surface area contributed by atoms with Crippen molar-refractivity contribution in [3.63, 3.8) is 0 Å². The summed E-state index contributed by atoms with van der Waals surface area (Å²) >= 11 is 0. The quantitative estimate of drug-likeness (QED) is 0.766. The van der Waals surface area contributed by atoms with E-state index in [2.05, 4.69) is 29.3 Å². The van der Waals surface area contributed by atoms with Crippen molar-refractivity contribution < 1.29 is 4.79 Å². The summed E-state index contributed by atoms with van der Waals surface area (Å²) in [5, 5.41) is 2.63. The maximum atomic E-state index is 10.8. The molecule has 3 nitrogen and oxygen atoms in total. The number of carbonyl (C=O) groups excluding carboxylic acids is 1. The maximum Gasteiger partial charge on any atom is 0.295 e. The van der Waals surface area contributed by atoms with Crippen molar-refractivity contribution in [1.29, 1.82) is 0 Å². The van der Waals surface area contributed by atoms with Crippen LogP contribution in [0, 0.1) is 19.3 Å². The summed E-state index contributed by atoms with van der Waals surface area (Å²) in [5.74, 6) is 1.66. The van der Waals surface area contributed by atoms with E-state index >= 15 is 0 Å². The Kier molecular flexibility index (Phi) is 4.41. The molecule has 1 aromatic carbocycles. The number of hydrogen-bond donors (Lipinski definition) is 1. The third kappa shape index (κ3) is 3.66. The average Bonchev–Trinajstić information content (AvgIpc) is 2.28. The van der Waals surface area contributed by atoms with Gasteiger partial charge in [-0.25, -0.2) is 0 Å². The normalized spacial score (nSPS) is 9.31. The van der Waals surface area contributed by atoms with Crippen LogP contribution >= 0.6 is 0 Å². The highest BCUT2D eigenvalue weighted by atomic mass is 16.1. The molecule has 0 fully saturated rings. The number of amides is 1. The number of benzene rings is 1. The Morgan fingerprint density at radius 1 is 1.56 bits per heavy atom. The van der Waals surface area contributed by atoms with Gasteiger partial charge in [-0.1, -0.05) is 12.1 Å². The molecule has 0 aliphatic heterocycles. The van der Waals surface area contributed by atoms with Crippen LogP contribution in [0.4, 0.5) is 5.69 Å². The average molecular weight is 216 g/mol. The van der Waals surface area contributed by atoms with Crippen molar-refractivity contribution >= 4 is 11.6 Å². The molecule has 0 aliphatic rings. The SMILES string of the molecule is C#CC(=O)NCCN(C)c1cccc(C)c1. The number of likely N-dealkylation sites (N-methyl/N-ethyl adjacent to an activating group) is 1. The lowest BCUT2D eigenvalue weighted by atomic mass is 10.2. The van der Waals surface area contributed by atoms with E-state index in [0.29, 0.717) is 6.54 Å². The fourth-order valence-corrected chi connectivity index (χ4v) is 1.38. The molecule has 84 valence electrons. The predicted octanol–water partition coefficient (Wildman–Crippen LogP) is 1.18. The highest BCUT2D eigenvalue weighted by molar-refractivity contribution is 5.92. The molecule has 0 saturated heterocycles. The van der Waals surface area contributed by atoms with Crippen LogP contribution in [0.5, 0.6) is 0 Å². The molecular weight excluding hydrogens is 200 g/mol. The summed E-state index contributed by atoms with van der Waals surface area (Å²) in [6.45, 7) is 3.34. The van der Waals surface area contributed by atoms with Crippen LogP contribution in [0.3, 0.4) is 0 Å². The molecule has 1 amide bonds. The first-order valence-electron chi connectivity index (χ1n) is 5.15. The van der Waals surface area contributed by atoms with Gasteiger partial charge in [-0.05, 0) is 30.5 Å². The van der Waals surface area contributed by atoms with Crippen LogP contribution in [0.15, 0.2) is 24.3 Å². The van der Waals surface area contributed by atoms with Gasteiger partial charge in [-0.15, -0.1) is 6.42 Å². The first kappa shape index (κ1) is 12.1. The van der Waals surface area contributed by atoms with Gasteiger partial charge in [0.15, 0.2) is 0 Å². The van der Waals surface area contributed by atoms with Crippen LogP contribution in [0.2, 0.25) is 0 Å². The minimum Gasteiger partial charge on any atom is -0.373 e. The number of hydrogen-bond acceptors (Lipinski definition) is 2. The van der Waals surface area contributed by atoms with E-state index in [0.717, 1.165) is 12.2 Å². The number of nitrogens with one attached hydrogen (secondary N) is 1. The second-order valence-corrected chi connectivity index (χ2v) is 3.66. The molecule has 0 aliphatic carbocycles. The highest BCUT2D eigenvalue weighted by Crippen LogP contribution is 2.13. The molecule has 0 saturated carbocycles. The Labute approximate surface area is 96.5 Å². The lowest BCUT2D eigenvalue weighted by molar-refractivity contribution is -0.115. The molecule has 0 atom stereocenters. The summed E-state index contributed by atoms with van der Waals surface area (Å²) in [6, 6.07) is 8.21. The summed E-state index contributed by atoms with van der Waals surface area (Å²) in [5.41, 5.74) is 2.35. The van der Waals surface area contributed by atoms with Gasteiger partial charge in [0.1, 0.15) is 0 Å². The molecule has 3 heteroatoms. The van der Waals surface area contributed by atoms with Crippen LogP contribution in [-0.4, -0.2) is 26.0 Å². The van der Waals surface area contributed by atoms with Gasteiger partial charge in [0.25, 0.3) is 5.91 Å². The summed E-state index contributed by atoms with van der Waals surface area (Å²) < 4.78 is 0. The monoisotopic (exact) mass is 216 g/mol. The maximum absolute atomic E-state index is 10.8. The van der Waals surface area contributed by atoms with Gasteiger partial charge in [0, 0.05) is 25.8 Å². The largest absolute Gasteiger partial charge is 0.373 e. The van der Waals surface area contributed by atoms with Crippen molar-refractivity contribution in [2.75, 3.05) is 25.0 Å². The number of anilines is 1. The van der Waals surface area contributed by atoms with E-state index in [1.165, 1.54) is 5.56 Å². The van der Waals surface area contributed by atoms with Crippen LogP contribution in [0.1, 0.15) is 5.56 Å². The molecule has 0 spiro atoms. The van der Waals surface area contributed by atoms with Gasteiger partial charge < -0.3 is 10.2 Å². The molecule has 0 aromatic heterocycles. The number of carbonyl (C=O) groups is 1. The van der Waals surface area contributed by atoms with Crippen molar-refractivity contribution in [2.45, 2.75) is 6.92 Å². The van der Waals surface area contributed by atoms with Gasteiger partial charge in [0.05, 0.1) is 0 Å². The highest BCUT2D eigenvalue weighted by Gasteiger charge is 2.01.